The van der Waals surface area contributed by atoms with Crippen LogP contribution in [-0.4, -0.2) is 27.4 Å². The predicted octanol–water partition coefficient (Wildman–Crippen LogP) is 0.592. The highest BCUT2D eigenvalue weighted by molar-refractivity contribution is 7.86. The maximum Gasteiger partial charge on any atom is 0.230 e. The number of fused-ring (bicyclic) bond motifs is 1. The number of benzene rings is 1. The average Bonchev–Trinajstić information content (AvgIpc) is 2.74. The molecule has 4 nitrogen and oxygen atoms in total. The predicted molar refractivity (Wildman–Crippen MR) is 69.9 cm³/mol. The minimum atomic E-state index is -1.50. The summed E-state index contributed by atoms with van der Waals surface area (Å²) in [6.45, 7) is 0. The average molecular weight is 265 g/mol. The number of carbonyl (C=O) groups excluding carboxylic acids is 2. The van der Waals surface area contributed by atoms with Gasteiger partial charge in [0.1, 0.15) is 5.75 Å². The summed E-state index contributed by atoms with van der Waals surface area (Å²) in [7, 11) is -1.50. The van der Waals surface area contributed by atoms with Crippen LogP contribution in [0.4, 0.5) is 0 Å². The minimum Gasteiger partial charge on any atom is -0.369 e. The molecule has 0 fully saturated rings. The molecule has 0 bridgehead atoms. The second-order valence-corrected chi connectivity index (χ2v) is 5.91. The first-order valence-electron chi connectivity index (χ1n) is 5.84. The maximum absolute atomic E-state index is 11.9. The third-order valence-electron chi connectivity index (χ3n) is 3.02. The van der Waals surface area contributed by atoms with Crippen LogP contribution in [-0.2, 0) is 28.4 Å². The highest BCUT2D eigenvalue weighted by Gasteiger charge is 2.16. The number of amides is 1. The van der Waals surface area contributed by atoms with Crippen molar-refractivity contribution in [1.82, 2.24) is 0 Å². The maximum atomic E-state index is 11.9. The molecule has 0 spiro atoms. The van der Waals surface area contributed by atoms with Gasteiger partial charge in [-0.05, 0) is 36.5 Å². The van der Waals surface area contributed by atoms with Gasteiger partial charge in [-0.3, -0.25) is 13.8 Å². The van der Waals surface area contributed by atoms with Crippen molar-refractivity contribution in [3.05, 3.63) is 34.9 Å². The quantitative estimate of drug-likeness (QED) is 0.792. The Balaban J connectivity index is 2.05. The summed E-state index contributed by atoms with van der Waals surface area (Å²) in [4.78, 5) is 22.5. The molecule has 18 heavy (non-hydrogen) atoms. The van der Waals surface area contributed by atoms with Gasteiger partial charge in [0.05, 0.1) is 5.75 Å². The lowest BCUT2D eigenvalue weighted by atomic mass is 10.0. The Bertz CT molecular complexity index is 525. The Hall–Kier alpha value is -1.49. The fraction of sp³-hybridized carbons (Fsp3) is 0.385. The van der Waals surface area contributed by atoms with Crippen molar-refractivity contribution in [2.75, 3.05) is 11.5 Å². The van der Waals surface area contributed by atoms with Gasteiger partial charge in [0.2, 0.25) is 5.91 Å². The number of nitrogens with two attached hydrogens (primary N) is 1. The molecule has 5 heteroatoms. The Morgan fingerprint density at radius 2 is 1.89 bits per heavy atom. The number of rotatable bonds is 5. The van der Waals surface area contributed by atoms with E-state index < -0.39 is 16.7 Å². The summed E-state index contributed by atoms with van der Waals surface area (Å²) in [6.07, 6.45) is 3.19. The van der Waals surface area contributed by atoms with Crippen molar-refractivity contribution in [3.63, 3.8) is 0 Å². The summed E-state index contributed by atoms with van der Waals surface area (Å²) < 4.78 is 11.5. The lowest BCUT2D eigenvalue weighted by Gasteiger charge is -2.04. The van der Waals surface area contributed by atoms with Crippen molar-refractivity contribution >= 4 is 22.5 Å². The standard InChI is InChI=1S/C13H15NO3S/c14-13(16)8-18(17)7-12(15)11-5-4-9-2-1-3-10(9)6-11/h4-6H,1-3,7-8H2,(H2,14,16). The summed E-state index contributed by atoms with van der Waals surface area (Å²) in [5.74, 6) is -1.22. The molecule has 0 saturated heterocycles. The lowest BCUT2D eigenvalue weighted by Crippen LogP contribution is -2.23. The number of hydrogen-bond acceptors (Lipinski definition) is 3. The molecular formula is C13H15NO3S. The molecule has 0 aromatic heterocycles. The van der Waals surface area contributed by atoms with Gasteiger partial charge in [0.25, 0.3) is 0 Å². The van der Waals surface area contributed by atoms with Gasteiger partial charge in [0, 0.05) is 16.4 Å². The number of carbonyl (C=O) groups is 2. The van der Waals surface area contributed by atoms with Gasteiger partial charge in [0.15, 0.2) is 5.78 Å². The van der Waals surface area contributed by atoms with Crippen LogP contribution in [0.2, 0.25) is 0 Å². The number of ketones is 1. The molecular weight excluding hydrogens is 250 g/mol. The smallest absolute Gasteiger partial charge is 0.230 e. The number of primary amides is 1. The first-order chi connectivity index (χ1) is 8.56. The van der Waals surface area contributed by atoms with Gasteiger partial charge >= 0.3 is 0 Å². The molecule has 1 aromatic carbocycles. The van der Waals surface area contributed by atoms with E-state index in [1.165, 1.54) is 11.1 Å². The Morgan fingerprint density at radius 1 is 1.17 bits per heavy atom. The Labute approximate surface area is 108 Å². The molecule has 2 rings (SSSR count). The molecule has 0 radical (unpaired) electrons. The van der Waals surface area contributed by atoms with Crippen molar-refractivity contribution < 1.29 is 13.8 Å². The summed E-state index contributed by atoms with van der Waals surface area (Å²) in [5.41, 5.74) is 8.02. The van der Waals surface area contributed by atoms with Gasteiger partial charge in [-0.2, -0.15) is 0 Å². The highest BCUT2D eigenvalue weighted by atomic mass is 32.2. The largest absolute Gasteiger partial charge is 0.369 e. The van der Waals surface area contributed by atoms with Crippen LogP contribution in [0.25, 0.3) is 0 Å². The van der Waals surface area contributed by atoms with Crippen molar-refractivity contribution in [2.24, 2.45) is 5.73 Å². The SMILES string of the molecule is NC(=O)CS(=O)CC(=O)c1ccc2c(c1)CCC2. The van der Waals surface area contributed by atoms with E-state index in [-0.39, 0.29) is 17.3 Å². The molecule has 1 aromatic rings. The van der Waals surface area contributed by atoms with E-state index >= 15 is 0 Å². The van der Waals surface area contributed by atoms with Crippen LogP contribution in [0.15, 0.2) is 18.2 Å². The molecule has 1 amide bonds. The van der Waals surface area contributed by atoms with Gasteiger partial charge in [-0.25, -0.2) is 0 Å². The van der Waals surface area contributed by atoms with Crippen LogP contribution < -0.4 is 5.73 Å². The molecule has 1 atom stereocenters. The van der Waals surface area contributed by atoms with Crippen LogP contribution in [0.1, 0.15) is 27.9 Å². The molecule has 0 heterocycles. The number of aryl methyl sites for hydroxylation is 2. The van der Waals surface area contributed by atoms with Crippen molar-refractivity contribution in [3.8, 4) is 0 Å². The lowest BCUT2D eigenvalue weighted by molar-refractivity contribution is -0.115. The van der Waals surface area contributed by atoms with Crippen LogP contribution in [0.3, 0.4) is 0 Å². The zero-order chi connectivity index (χ0) is 13.1. The van der Waals surface area contributed by atoms with Crippen LogP contribution in [0.5, 0.6) is 0 Å². The van der Waals surface area contributed by atoms with Crippen molar-refractivity contribution in [2.45, 2.75) is 19.3 Å². The van der Waals surface area contributed by atoms with E-state index in [1.54, 1.807) is 6.07 Å². The zero-order valence-corrected chi connectivity index (χ0v) is 10.8. The van der Waals surface area contributed by atoms with E-state index in [0.29, 0.717) is 5.56 Å². The molecule has 0 saturated carbocycles. The summed E-state index contributed by atoms with van der Waals surface area (Å²) in [6, 6.07) is 5.62. The van der Waals surface area contributed by atoms with E-state index in [1.807, 2.05) is 12.1 Å². The number of hydrogen-bond donors (Lipinski definition) is 1. The normalized spacial score (nSPS) is 15.1. The second-order valence-electron chi connectivity index (χ2n) is 4.46. The van der Waals surface area contributed by atoms with Gasteiger partial charge in [-0.15, -0.1) is 0 Å². The zero-order valence-electron chi connectivity index (χ0n) is 9.98. The topological polar surface area (TPSA) is 77.2 Å². The van der Waals surface area contributed by atoms with Crippen LogP contribution >= 0.6 is 0 Å². The minimum absolute atomic E-state index is 0.137. The third-order valence-corrected chi connectivity index (χ3v) is 4.21. The number of Topliss-reactive ketones (excluding diaryl/α,β-unsaturated/α-hetero) is 1. The highest BCUT2D eigenvalue weighted by Crippen LogP contribution is 2.23. The van der Waals surface area contributed by atoms with Crippen molar-refractivity contribution in [1.29, 1.82) is 0 Å². The summed E-state index contributed by atoms with van der Waals surface area (Å²) >= 11 is 0. The monoisotopic (exact) mass is 265 g/mol. The van der Waals surface area contributed by atoms with E-state index in [4.69, 9.17) is 5.73 Å². The third kappa shape index (κ3) is 3.04. The van der Waals surface area contributed by atoms with E-state index in [0.717, 1.165) is 19.3 Å². The first kappa shape index (κ1) is 13.0. The Kier molecular flexibility index (Phi) is 3.91. The fourth-order valence-electron chi connectivity index (χ4n) is 2.18. The van der Waals surface area contributed by atoms with Gasteiger partial charge < -0.3 is 5.73 Å². The first-order valence-corrected chi connectivity index (χ1v) is 7.33. The Morgan fingerprint density at radius 3 is 2.61 bits per heavy atom. The fourth-order valence-corrected chi connectivity index (χ4v) is 3.06. The summed E-state index contributed by atoms with van der Waals surface area (Å²) in [5, 5.41) is 0. The second kappa shape index (κ2) is 5.44. The van der Waals surface area contributed by atoms with E-state index in [2.05, 4.69) is 0 Å². The molecule has 96 valence electrons. The molecule has 0 aliphatic heterocycles. The molecule has 2 N–H and O–H groups in total. The van der Waals surface area contributed by atoms with Gasteiger partial charge in [-0.1, -0.05) is 12.1 Å². The molecule has 1 aliphatic carbocycles. The molecule has 1 unspecified atom stereocenters. The van der Waals surface area contributed by atoms with Crippen LogP contribution in [0, 0.1) is 0 Å². The molecule has 1 aliphatic rings. The van der Waals surface area contributed by atoms with E-state index in [9.17, 15) is 13.8 Å².